The summed E-state index contributed by atoms with van der Waals surface area (Å²) in [6.45, 7) is 8.66. The maximum absolute atomic E-state index is 12.4. The number of amides is 2. The Bertz CT molecular complexity index is 1100. The third-order valence-corrected chi connectivity index (χ3v) is 5.06. The highest BCUT2D eigenvalue weighted by Crippen LogP contribution is 2.29. The Morgan fingerprint density at radius 2 is 1.87 bits per heavy atom. The molecule has 2 amide bonds. The van der Waals surface area contributed by atoms with Crippen LogP contribution >= 0.6 is 0 Å². The van der Waals surface area contributed by atoms with Gasteiger partial charge in [-0.2, -0.15) is 0 Å². The molecule has 31 heavy (non-hydrogen) atoms. The van der Waals surface area contributed by atoms with E-state index in [-0.39, 0.29) is 12.3 Å². The smallest absolute Gasteiger partial charge is 0.269 e. The van der Waals surface area contributed by atoms with Crippen molar-refractivity contribution in [2.45, 2.75) is 40.0 Å². The summed E-state index contributed by atoms with van der Waals surface area (Å²) >= 11 is 0. The highest BCUT2D eigenvalue weighted by molar-refractivity contribution is 5.96. The zero-order chi connectivity index (χ0) is 22.5. The molecule has 2 N–H and O–H groups in total. The fourth-order valence-corrected chi connectivity index (χ4v) is 3.50. The largest absolute Gasteiger partial charge is 0.493 e. The third kappa shape index (κ3) is 4.99. The van der Waals surface area contributed by atoms with Crippen LogP contribution in [0.25, 0.3) is 11.0 Å². The molecule has 3 rings (SSSR count). The van der Waals surface area contributed by atoms with Gasteiger partial charge in [-0.05, 0) is 61.2 Å². The van der Waals surface area contributed by atoms with Crippen molar-refractivity contribution in [2.24, 2.45) is 0 Å². The Balaban J connectivity index is 1.66. The predicted octanol–water partition coefficient (Wildman–Crippen LogP) is 4.28. The van der Waals surface area contributed by atoms with Crippen LogP contribution in [0.3, 0.4) is 0 Å². The number of methoxy groups -OCH3 is 1. The molecule has 2 aromatic carbocycles. The quantitative estimate of drug-likeness (QED) is 0.553. The van der Waals surface area contributed by atoms with Gasteiger partial charge in [0.05, 0.1) is 26.4 Å². The normalized spacial score (nSPS) is 10.9. The average Bonchev–Trinajstić information content (AvgIpc) is 3.12. The first-order valence-electron chi connectivity index (χ1n) is 10.2. The summed E-state index contributed by atoms with van der Waals surface area (Å²) in [5.74, 6) is 0.562. The monoisotopic (exact) mass is 424 g/mol. The summed E-state index contributed by atoms with van der Waals surface area (Å²) in [4.78, 5) is 24.8. The molecule has 7 heteroatoms. The Morgan fingerprint density at radius 1 is 1.10 bits per heavy atom. The standard InChI is InChI=1S/C24H28N2O5/c1-6-30-20-8-7-16(10-22(20)29-5)24(28)26-25-23(27)11-17-13-31-21-9-15(4)18(14(2)3)12-19(17)21/h7-10,12-14H,6,11H2,1-5H3,(H,25,27)(H,26,28). The minimum absolute atomic E-state index is 0.0838. The van der Waals surface area contributed by atoms with Crippen molar-refractivity contribution in [3.05, 3.63) is 58.8 Å². The molecular weight excluding hydrogens is 396 g/mol. The Hall–Kier alpha value is -3.48. The predicted molar refractivity (Wildman–Crippen MR) is 119 cm³/mol. The molecule has 7 nitrogen and oxygen atoms in total. The SMILES string of the molecule is CCOc1ccc(C(=O)NNC(=O)Cc2coc3cc(C)c(C(C)C)cc23)cc1OC. The fourth-order valence-electron chi connectivity index (χ4n) is 3.50. The number of aryl methyl sites for hydroxylation is 1. The topological polar surface area (TPSA) is 89.8 Å². The second-order valence-electron chi connectivity index (χ2n) is 7.60. The molecular formula is C24H28N2O5. The van der Waals surface area contributed by atoms with Gasteiger partial charge in [0.2, 0.25) is 5.91 Å². The molecule has 0 atom stereocenters. The van der Waals surface area contributed by atoms with Gasteiger partial charge in [0.15, 0.2) is 11.5 Å². The van der Waals surface area contributed by atoms with Crippen LogP contribution < -0.4 is 20.3 Å². The number of rotatable bonds is 7. The van der Waals surface area contributed by atoms with E-state index < -0.39 is 5.91 Å². The van der Waals surface area contributed by atoms with Crippen LogP contribution in [-0.2, 0) is 11.2 Å². The van der Waals surface area contributed by atoms with Crippen molar-refractivity contribution < 1.29 is 23.5 Å². The lowest BCUT2D eigenvalue weighted by atomic mass is 9.95. The first-order chi connectivity index (χ1) is 14.8. The first-order valence-corrected chi connectivity index (χ1v) is 10.2. The van der Waals surface area contributed by atoms with E-state index in [1.807, 2.05) is 13.0 Å². The van der Waals surface area contributed by atoms with E-state index in [0.29, 0.717) is 29.6 Å². The van der Waals surface area contributed by atoms with Gasteiger partial charge in [0.1, 0.15) is 5.58 Å². The highest BCUT2D eigenvalue weighted by atomic mass is 16.5. The number of benzene rings is 2. The van der Waals surface area contributed by atoms with E-state index in [4.69, 9.17) is 13.9 Å². The van der Waals surface area contributed by atoms with Crippen molar-refractivity contribution in [2.75, 3.05) is 13.7 Å². The van der Waals surface area contributed by atoms with E-state index in [1.54, 1.807) is 24.5 Å². The minimum Gasteiger partial charge on any atom is -0.493 e. The number of ether oxygens (including phenoxy) is 2. The zero-order valence-electron chi connectivity index (χ0n) is 18.5. The lowest BCUT2D eigenvalue weighted by Crippen LogP contribution is -2.42. The maximum atomic E-state index is 12.4. The van der Waals surface area contributed by atoms with Gasteiger partial charge in [-0.25, -0.2) is 0 Å². The van der Waals surface area contributed by atoms with Crippen molar-refractivity contribution in [3.8, 4) is 11.5 Å². The molecule has 0 unspecified atom stereocenters. The average molecular weight is 424 g/mol. The molecule has 0 aliphatic heterocycles. The van der Waals surface area contributed by atoms with E-state index in [0.717, 1.165) is 22.1 Å². The molecule has 0 spiro atoms. The summed E-state index contributed by atoms with van der Waals surface area (Å²) in [6.07, 6.45) is 1.67. The summed E-state index contributed by atoms with van der Waals surface area (Å²) < 4.78 is 16.3. The van der Waals surface area contributed by atoms with Crippen molar-refractivity contribution in [1.82, 2.24) is 10.9 Å². The van der Waals surface area contributed by atoms with Crippen LogP contribution in [0.5, 0.6) is 11.5 Å². The number of fused-ring (bicyclic) bond motifs is 1. The number of carbonyl (C=O) groups excluding carboxylic acids is 2. The van der Waals surface area contributed by atoms with Crippen LogP contribution in [0.4, 0.5) is 0 Å². The zero-order valence-corrected chi connectivity index (χ0v) is 18.5. The van der Waals surface area contributed by atoms with Crippen LogP contribution in [0.2, 0.25) is 0 Å². The summed E-state index contributed by atoms with van der Waals surface area (Å²) in [6, 6.07) is 8.89. The molecule has 0 radical (unpaired) electrons. The van der Waals surface area contributed by atoms with Crippen LogP contribution in [-0.4, -0.2) is 25.5 Å². The van der Waals surface area contributed by atoms with Crippen molar-refractivity contribution >= 4 is 22.8 Å². The van der Waals surface area contributed by atoms with Crippen LogP contribution in [0.1, 0.15) is 53.7 Å². The van der Waals surface area contributed by atoms with Gasteiger partial charge in [-0.3, -0.25) is 20.4 Å². The number of nitrogens with one attached hydrogen (secondary N) is 2. The Morgan fingerprint density at radius 3 is 2.55 bits per heavy atom. The maximum Gasteiger partial charge on any atom is 0.269 e. The second kappa shape index (κ2) is 9.55. The molecule has 1 heterocycles. The Kier molecular flexibility index (Phi) is 6.84. The molecule has 0 bridgehead atoms. The van der Waals surface area contributed by atoms with Gasteiger partial charge in [-0.15, -0.1) is 0 Å². The van der Waals surface area contributed by atoms with Crippen LogP contribution in [0, 0.1) is 6.92 Å². The third-order valence-electron chi connectivity index (χ3n) is 5.06. The Labute approximate surface area is 181 Å². The number of furan rings is 1. The molecule has 0 fully saturated rings. The number of hydrogen-bond donors (Lipinski definition) is 2. The first kappa shape index (κ1) is 22.2. The van der Waals surface area contributed by atoms with Crippen molar-refractivity contribution in [3.63, 3.8) is 0 Å². The van der Waals surface area contributed by atoms with Gasteiger partial charge in [-0.1, -0.05) is 13.8 Å². The second-order valence-corrected chi connectivity index (χ2v) is 7.60. The summed E-state index contributed by atoms with van der Waals surface area (Å²) in [5.41, 5.74) is 9.12. The number of hydrogen-bond acceptors (Lipinski definition) is 5. The number of carbonyl (C=O) groups is 2. The van der Waals surface area contributed by atoms with E-state index >= 15 is 0 Å². The highest BCUT2D eigenvalue weighted by Gasteiger charge is 2.15. The van der Waals surface area contributed by atoms with Gasteiger partial charge < -0.3 is 13.9 Å². The molecule has 0 saturated heterocycles. The van der Waals surface area contributed by atoms with E-state index in [2.05, 4.69) is 37.7 Å². The lowest BCUT2D eigenvalue weighted by Gasteiger charge is -2.12. The van der Waals surface area contributed by atoms with Crippen LogP contribution in [0.15, 0.2) is 41.0 Å². The van der Waals surface area contributed by atoms with Gasteiger partial charge in [0.25, 0.3) is 5.91 Å². The molecule has 3 aromatic rings. The molecule has 0 aliphatic carbocycles. The number of hydrazine groups is 1. The van der Waals surface area contributed by atoms with E-state index in [1.165, 1.54) is 12.7 Å². The molecule has 0 saturated carbocycles. The summed E-state index contributed by atoms with van der Waals surface area (Å²) in [5, 5.41) is 0.909. The molecule has 0 aliphatic rings. The van der Waals surface area contributed by atoms with Crippen molar-refractivity contribution in [1.29, 1.82) is 0 Å². The minimum atomic E-state index is -0.454. The molecule has 164 valence electrons. The lowest BCUT2D eigenvalue weighted by molar-refractivity contribution is -0.121. The van der Waals surface area contributed by atoms with E-state index in [9.17, 15) is 9.59 Å². The van der Waals surface area contributed by atoms with Gasteiger partial charge in [0, 0.05) is 16.5 Å². The molecule has 1 aromatic heterocycles. The van der Waals surface area contributed by atoms with Gasteiger partial charge >= 0.3 is 0 Å². The summed E-state index contributed by atoms with van der Waals surface area (Å²) in [7, 11) is 1.50. The fraction of sp³-hybridized carbons (Fsp3) is 0.333.